The number of hydrogen-bond donors (Lipinski definition) is 0. The van der Waals surface area contributed by atoms with Gasteiger partial charge in [0.2, 0.25) is 0 Å². The summed E-state index contributed by atoms with van der Waals surface area (Å²) in [6.07, 6.45) is 3.49. The molecule has 1 unspecified atom stereocenters. The van der Waals surface area contributed by atoms with Crippen molar-refractivity contribution in [3.63, 3.8) is 0 Å². The maximum absolute atomic E-state index is 13.5. The van der Waals surface area contributed by atoms with E-state index in [0.717, 1.165) is 5.69 Å². The first-order valence-corrected chi connectivity index (χ1v) is 9.33. The van der Waals surface area contributed by atoms with Crippen LogP contribution in [0.1, 0.15) is 29.1 Å². The highest BCUT2D eigenvalue weighted by Crippen LogP contribution is 2.26. The molecule has 4 rings (SSSR count). The molecule has 0 radical (unpaired) electrons. The number of hydrogen-bond acceptors (Lipinski definition) is 4. The van der Waals surface area contributed by atoms with Gasteiger partial charge in [0.15, 0.2) is 4.96 Å². The molecule has 0 aliphatic rings. The Morgan fingerprint density at radius 1 is 1.26 bits per heavy atom. The van der Waals surface area contributed by atoms with Crippen molar-refractivity contribution in [1.29, 1.82) is 0 Å². The summed E-state index contributed by atoms with van der Waals surface area (Å²) in [5, 5.41) is 1.79. The van der Waals surface area contributed by atoms with Gasteiger partial charge in [-0.1, -0.05) is 18.2 Å². The van der Waals surface area contributed by atoms with Crippen LogP contribution in [0.4, 0.5) is 4.39 Å². The van der Waals surface area contributed by atoms with Crippen LogP contribution in [0.15, 0.2) is 60.2 Å². The molecule has 1 atom stereocenters. The van der Waals surface area contributed by atoms with E-state index in [1.165, 1.54) is 23.5 Å². The molecule has 4 aromatic rings. The smallest absolute Gasteiger partial charge is 0.272 e. The van der Waals surface area contributed by atoms with E-state index in [1.807, 2.05) is 25.1 Å². The Hall–Kier alpha value is -3.06. The van der Waals surface area contributed by atoms with Crippen LogP contribution >= 0.6 is 11.3 Å². The van der Waals surface area contributed by atoms with E-state index in [0.29, 0.717) is 21.9 Å². The summed E-state index contributed by atoms with van der Waals surface area (Å²) in [6, 6.07) is 11.8. The van der Waals surface area contributed by atoms with Gasteiger partial charge < -0.3 is 4.90 Å². The number of amides is 1. The van der Waals surface area contributed by atoms with E-state index in [2.05, 4.69) is 9.97 Å². The number of rotatable bonds is 4. The minimum absolute atomic E-state index is 0.123. The largest absolute Gasteiger partial charge is 0.332 e. The number of benzene rings is 1. The molecule has 7 heteroatoms. The summed E-state index contributed by atoms with van der Waals surface area (Å²) >= 11 is 1.38. The molecule has 0 bridgehead atoms. The van der Waals surface area contributed by atoms with Crippen LogP contribution in [0.5, 0.6) is 0 Å². The zero-order valence-corrected chi connectivity index (χ0v) is 15.7. The van der Waals surface area contributed by atoms with Gasteiger partial charge in [-0.2, -0.15) is 0 Å². The second-order valence-electron chi connectivity index (χ2n) is 6.26. The normalized spacial score (nSPS) is 12.3. The third kappa shape index (κ3) is 3.21. The fourth-order valence-electron chi connectivity index (χ4n) is 2.90. The average Bonchev–Trinajstić information content (AvgIpc) is 3.28. The SMILES string of the molecule is CC(c1ccccn1)N(C)C(=O)c1csc2nc(-c3cccc(F)c3)cn12. The second kappa shape index (κ2) is 6.92. The summed E-state index contributed by atoms with van der Waals surface area (Å²) in [5.74, 6) is -0.438. The summed E-state index contributed by atoms with van der Waals surface area (Å²) in [7, 11) is 1.76. The van der Waals surface area contributed by atoms with Gasteiger partial charge in [0, 0.05) is 30.4 Å². The highest BCUT2D eigenvalue weighted by molar-refractivity contribution is 7.15. The Bertz CT molecular complexity index is 1110. The minimum atomic E-state index is -0.316. The fraction of sp³-hybridized carbons (Fsp3) is 0.150. The lowest BCUT2D eigenvalue weighted by Crippen LogP contribution is -2.30. The number of carbonyl (C=O) groups excluding carboxylic acids is 1. The number of aromatic nitrogens is 3. The van der Waals surface area contributed by atoms with Gasteiger partial charge in [0.1, 0.15) is 11.5 Å². The van der Waals surface area contributed by atoms with Crippen molar-refractivity contribution in [3.8, 4) is 11.3 Å². The number of nitrogens with zero attached hydrogens (tertiary/aromatic N) is 4. The molecular weight excluding hydrogens is 363 g/mol. The van der Waals surface area contributed by atoms with Gasteiger partial charge in [-0.3, -0.25) is 14.2 Å². The maximum atomic E-state index is 13.5. The first kappa shape index (κ1) is 17.4. The molecule has 0 fully saturated rings. The van der Waals surface area contributed by atoms with Gasteiger partial charge in [-0.05, 0) is 31.2 Å². The van der Waals surface area contributed by atoms with Gasteiger partial charge in [0.05, 0.1) is 17.4 Å². The summed E-state index contributed by atoms with van der Waals surface area (Å²) in [4.78, 5) is 24.2. The van der Waals surface area contributed by atoms with Crippen LogP contribution in [0.3, 0.4) is 0 Å². The van der Waals surface area contributed by atoms with E-state index in [4.69, 9.17) is 0 Å². The van der Waals surface area contributed by atoms with Crippen LogP contribution in [-0.2, 0) is 0 Å². The number of thiazole rings is 1. The standard InChI is InChI=1S/C20H17FN4OS/c1-13(16-8-3-4-9-22-16)24(2)19(26)18-12-27-20-23-17(11-25(18)20)14-6-5-7-15(21)10-14/h3-13H,1-2H3. The van der Waals surface area contributed by atoms with Crippen LogP contribution < -0.4 is 0 Å². The first-order chi connectivity index (χ1) is 13.0. The first-order valence-electron chi connectivity index (χ1n) is 8.45. The van der Waals surface area contributed by atoms with E-state index in [-0.39, 0.29) is 17.8 Å². The fourth-order valence-corrected chi connectivity index (χ4v) is 3.75. The number of pyridine rings is 1. The molecule has 3 aromatic heterocycles. The molecular formula is C20H17FN4OS. The lowest BCUT2D eigenvalue weighted by molar-refractivity contribution is 0.0733. The molecule has 27 heavy (non-hydrogen) atoms. The molecule has 0 N–H and O–H groups in total. The van der Waals surface area contributed by atoms with Gasteiger partial charge in [-0.25, -0.2) is 9.37 Å². The molecule has 0 spiro atoms. The zero-order chi connectivity index (χ0) is 19.0. The average molecular weight is 380 g/mol. The van der Waals surface area contributed by atoms with Gasteiger partial charge in [-0.15, -0.1) is 11.3 Å². The molecule has 136 valence electrons. The maximum Gasteiger partial charge on any atom is 0.272 e. The monoisotopic (exact) mass is 380 g/mol. The summed E-state index contributed by atoms with van der Waals surface area (Å²) in [6.45, 7) is 1.94. The highest BCUT2D eigenvalue weighted by atomic mass is 32.1. The van der Waals surface area contributed by atoms with Crippen LogP contribution in [0.2, 0.25) is 0 Å². The zero-order valence-electron chi connectivity index (χ0n) is 14.8. The van der Waals surface area contributed by atoms with E-state index < -0.39 is 0 Å². The molecule has 3 heterocycles. The van der Waals surface area contributed by atoms with Crippen molar-refractivity contribution >= 4 is 22.2 Å². The molecule has 0 saturated heterocycles. The Morgan fingerprint density at radius 3 is 2.85 bits per heavy atom. The van der Waals surface area contributed by atoms with E-state index in [1.54, 1.807) is 46.3 Å². The Kier molecular flexibility index (Phi) is 4.45. The van der Waals surface area contributed by atoms with Crippen molar-refractivity contribution in [2.45, 2.75) is 13.0 Å². The quantitative estimate of drug-likeness (QED) is 0.526. The van der Waals surface area contributed by atoms with Crippen molar-refractivity contribution in [2.75, 3.05) is 7.05 Å². The van der Waals surface area contributed by atoms with E-state index in [9.17, 15) is 9.18 Å². The second-order valence-corrected chi connectivity index (χ2v) is 7.09. The lowest BCUT2D eigenvalue weighted by Gasteiger charge is -2.24. The van der Waals surface area contributed by atoms with Gasteiger partial charge >= 0.3 is 0 Å². The van der Waals surface area contributed by atoms with Crippen molar-refractivity contribution in [3.05, 3.63) is 77.4 Å². The highest BCUT2D eigenvalue weighted by Gasteiger charge is 2.23. The molecule has 0 aliphatic heterocycles. The topological polar surface area (TPSA) is 50.5 Å². The molecule has 1 aromatic carbocycles. The predicted octanol–water partition coefficient (Wildman–Crippen LogP) is 4.43. The number of fused-ring (bicyclic) bond motifs is 1. The van der Waals surface area contributed by atoms with Gasteiger partial charge in [0.25, 0.3) is 5.91 Å². The van der Waals surface area contributed by atoms with Crippen LogP contribution in [0, 0.1) is 5.82 Å². The summed E-state index contributed by atoms with van der Waals surface area (Å²) in [5.41, 5.74) is 2.66. The van der Waals surface area contributed by atoms with Crippen LogP contribution in [0.25, 0.3) is 16.2 Å². The summed E-state index contributed by atoms with van der Waals surface area (Å²) < 4.78 is 15.3. The van der Waals surface area contributed by atoms with Crippen LogP contribution in [-0.4, -0.2) is 32.2 Å². The molecule has 0 saturated carbocycles. The Balaban J connectivity index is 1.66. The third-order valence-corrected chi connectivity index (χ3v) is 5.41. The number of halogens is 1. The predicted molar refractivity (Wildman–Crippen MR) is 103 cm³/mol. The molecule has 0 aliphatic carbocycles. The minimum Gasteiger partial charge on any atom is -0.332 e. The van der Waals surface area contributed by atoms with E-state index >= 15 is 0 Å². The molecule has 1 amide bonds. The number of imidazole rings is 1. The Labute approximate surface area is 159 Å². The van der Waals surface area contributed by atoms with Crippen molar-refractivity contribution in [1.82, 2.24) is 19.3 Å². The van der Waals surface area contributed by atoms with Crippen molar-refractivity contribution < 1.29 is 9.18 Å². The third-order valence-electron chi connectivity index (χ3n) is 4.57. The Morgan fingerprint density at radius 2 is 2.11 bits per heavy atom. The number of carbonyl (C=O) groups is 1. The van der Waals surface area contributed by atoms with Crippen molar-refractivity contribution in [2.24, 2.45) is 0 Å². The lowest BCUT2D eigenvalue weighted by atomic mass is 10.2. The molecule has 5 nitrogen and oxygen atoms in total.